The van der Waals surface area contributed by atoms with Gasteiger partial charge in [-0.1, -0.05) is 139 Å². The molecule has 0 aromatic heterocycles. The molecule has 6 N–H and O–H groups in total. The van der Waals surface area contributed by atoms with E-state index in [2.05, 4.69) is 44.0 Å². The molecule has 8 atom stereocenters. The molecule has 5 aromatic carbocycles. The monoisotopic (exact) mass is 1090 g/mol. The molecule has 0 unspecified atom stereocenters. The van der Waals surface area contributed by atoms with Gasteiger partial charge in [0.25, 0.3) is 5.91 Å². The molecule has 3 aliphatic rings. The van der Waals surface area contributed by atoms with Crippen LogP contribution in [0.4, 0.5) is 0 Å². The van der Waals surface area contributed by atoms with Crippen LogP contribution in [0.5, 0.6) is 0 Å². The molecule has 0 radical (unpaired) electrons. The minimum absolute atomic E-state index is 0.0426. The van der Waals surface area contributed by atoms with Gasteiger partial charge in [-0.25, -0.2) is 0 Å². The molecule has 16 heteroatoms. The van der Waals surface area contributed by atoms with Crippen LogP contribution < -0.4 is 31.9 Å². The van der Waals surface area contributed by atoms with E-state index in [1.807, 2.05) is 133 Å². The summed E-state index contributed by atoms with van der Waals surface area (Å²) < 4.78 is 0. The minimum Gasteiger partial charge on any atom is -0.347 e. The summed E-state index contributed by atoms with van der Waals surface area (Å²) in [7, 11) is 3.36. The minimum atomic E-state index is -0.969. The fourth-order valence-electron chi connectivity index (χ4n) is 11.2. The smallest absolute Gasteiger partial charge is 0.251 e. The molecule has 0 bridgehead atoms. The van der Waals surface area contributed by atoms with Crippen molar-refractivity contribution in [3.05, 3.63) is 154 Å². The van der Waals surface area contributed by atoms with Gasteiger partial charge in [-0.05, 0) is 127 Å². The highest BCUT2D eigenvalue weighted by Gasteiger charge is 2.47. The zero-order chi connectivity index (χ0) is 57.6. The van der Waals surface area contributed by atoms with Crippen molar-refractivity contribution in [2.75, 3.05) is 20.6 Å². The first-order valence-corrected chi connectivity index (χ1v) is 28.2. The molecular formula is C64H81N9O7. The molecule has 7 amide bonds. The first-order chi connectivity index (χ1) is 38.0. The molecule has 1 aliphatic carbocycles. The van der Waals surface area contributed by atoms with Gasteiger partial charge >= 0.3 is 0 Å². The van der Waals surface area contributed by atoms with E-state index < -0.39 is 64.9 Å². The quantitative estimate of drug-likeness (QED) is 0.0602. The molecule has 0 saturated carbocycles. The van der Waals surface area contributed by atoms with Crippen LogP contribution in [0.25, 0.3) is 10.8 Å². The molecule has 5 aromatic rings. The predicted octanol–water partition coefficient (Wildman–Crippen LogP) is 6.49. The number of hydrogen-bond acceptors (Lipinski definition) is 9. The van der Waals surface area contributed by atoms with Crippen molar-refractivity contribution in [3.63, 3.8) is 0 Å². The van der Waals surface area contributed by atoms with Gasteiger partial charge in [0.05, 0.1) is 18.1 Å². The van der Waals surface area contributed by atoms with Crippen molar-refractivity contribution in [2.24, 2.45) is 10.8 Å². The SMILES string of the molecule is CN[C@@H](C)C(=O)N[C@H](C(=O)N1C[C@@H](NC(=O)c2ccc(CN(Cc3ccc4ccccc4c3)C(=O)[C@@H]3Cc4ccccc4CN3C(=O)[C@@H](NC(=O)[C@H](C)NC)C(C)(C)C)cc2)C[C@H]1C(=O)N[C@@H]1CCCc2ccccc21)C(C)(C)C. The molecule has 2 aliphatic heterocycles. The van der Waals surface area contributed by atoms with E-state index >= 15 is 9.59 Å². The van der Waals surface area contributed by atoms with E-state index in [-0.39, 0.29) is 74.6 Å². The third kappa shape index (κ3) is 13.6. The highest BCUT2D eigenvalue weighted by atomic mass is 16.2. The number of likely N-dealkylation sites (N-methyl/N-ethyl adjacent to an activating group) is 2. The van der Waals surface area contributed by atoms with Gasteiger partial charge in [0.2, 0.25) is 35.4 Å². The van der Waals surface area contributed by atoms with E-state index in [1.54, 1.807) is 49.9 Å². The van der Waals surface area contributed by atoms with E-state index in [0.29, 0.717) is 5.56 Å². The van der Waals surface area contributed by atoms with Crippen LogP contribution in [0.15, 0.2) is 115 Å². The Morgan fingerprint density at radius 2 is 1.16 bits per heavy atom. The van der Waals surface area contributed by atoms with E-state index in [0.717, 1.165) is 57.9 Å². The van der Waals surface area contributed by atoms with Gasteiger partial charge in [-0.15, -0.1) is 0 Å². The number of fused-ring (bicyclic) bond motifs is 3. The van der Waals surface area contributed by atoms with Gasteiger partial charge in [-0.2, -0.15) is 0 Å². The Bertz CT molecular complexity index is 3090. The van der Waals surface area contributed by atoms with Gasteiger partial charge < -0.3 is 46.6 Å². The fraction of sp³-hybridized carbons (Fsp3) is 0.453. The molecule has 16 nitrogen and oxygen atoms in total. The normalized spacial score (nSPS) is 19.6. The number of likely N-dealkylation sites (tertiary alicyclic amines) is 1. The highest BCUT2D eigenvalue weighted by molar-refractivity contribution is 5.97. The summed E-state index contributed by atoms with van der Waals surface area (Å²) in [5.74, 6) is -2.41. The van der Waals surface area contributed by atoms with Crippen LogP contribution in [0.1, 0.15) is 124 Å². The Balaban J connectivity index is 1.05. The van der Waals surface area contributed by atoms with Gasteiger partial charge in [0, 0.05) is 44.2 Å². The second-order valence-electron chi connectivity index (χ2n) is 24.2. The molecule has 1 fully saturated rings. The third-order valence-electron chi connectivity index (χ3n) is 16.3. The maximum atomic E-state index is 15.5. The summed E-state index contributed by atoms with van der Waals surface area (Å²) in [4.78, 5) is 106. The van der Waals surface area contributed by atoms with Crippen LogP contribution in [-0.4, -0.2) is 119 Å². The largest absolute Gasteiger partial charge is 0.347 e. The molecule has 424 valence electrons. The Morgan fingerprint density at radius 1 is 0.613 bits per heavy atom. The summed E-state index contributed by atoms with van der Waals surface area (Å²) in [5, 5.41) is 20.3. The van der Waals surface area contributed by atoms with Gasteiger partial charge in [0.15, 0.2) is 0 Å². The Kier molecular flexibility index (Phi) is 18.3. The van der Waals surface area contributed by atoms with Gasteiger partial charge in [0.1, 0.15) is 24.2 Å². The Hall–Kier alpha value is -7.43. The van der Waals surface area contributed by atoms with Crippen LogP contribution in [0, 0.1) is 10.8 Å². The van der Waals surface area contributed by atoms with Crippen molar-refractivity contribution < 1.29 is 33.6 Å². The number of rotatable bonds is 17. The van der Waals surface area contributed by atoms with Crippen molar-refractivity contribution in [2.45, 2.75) is 155 Å². The topological polar surface area (TPSA) is 201 Å². The Labute approximate surface area is 471 Å². The average Bonchev–Trinajstić information content (AvgIpc) is 3.88. The highest BCUT2D eigenvalue weighted by Crippen LogP contribution is 2.33. The lowest BCUT2D eigenvalue weighted by Gasteiger charge is -2.42. The molecule has 0 spiro atoms. The summed E-state index contributed by atoms with van der Waals surface area (Å²) in [6.45, 7) is 15.4. The maximum absolute atomic E-state index is 15.5. The van der Waals surface area contributed by atoms with Crippen LogP contribution in [0.2, 0.25) is 0 Å². The van der Waals surface area contributed by atoms with Crippen LogP contribution in [-0.2, 0) is 61.2 Å². The number of hydrogen-bond donors (Lipinski definition) is 6. The molecule has 1 saturated heterocycles. The van der Waals surface area contributed by atoms with E-state index in [1.165, 1.54) is 10.5 Å². The zero-order valence-electron chi connectivity index (χ0n) is 48.2. The third-order valence-corrected chi connectivity index (χ3v) is 16.3. The fourth-order valence-corrected chi connectivity index (χ4v) is 11.2. The van der Waals surface area contributed by atoms with Crippen molar-refractivity contribution in [3.8, 4) is 0 Å². The first-order valence-electron chi connectivity index (χ1n) is 28.2. The predicted molar refractivity (Wildman–Crippen MR) is 311 cm³/mol. The van der Waals surface area contributed by atoms with Crippen LogP contribution in [0.3, 0.4) is 0 Å². The molecule has 2 heterocycles. The number of benzene rings is 5. The summed E-state index contributed by atoms with van der Waals surface area (Å²) in [5.41, 5.74) is 4.69. The number of nitrogens with one attached hydrogen (secondary N) is 6. The Morgan fingerprint density at radius 3 is 1.79 bits per heavy atom. The lowest BCUT2D eigenvalue weighted by Crippen LogP contribution is -2.62. The van der Waals surface area contributed by atoms with E-state index in [9.17, 15) is 24.0 Å². The van der Waals surface area contributed by atoms with Crippen molar-refractivity contribution >= 4 is 52.1 Å². The lowest BCUT2D eigenvalue weighted by molar-refractivity contribution is -0.151. The number of aryl methyl sites for hydroxylation is 1. The van der Waals surface area contributed by atoms with E-state index in [4.69, 9.17) is 0 Å². The summed E-state index contributed by atoms with van der Waals surface area (Å²) in [6.07, 6.45) is 3.00. The average molecular weight is 1090 g/mol. The number of nitrogens with zero attached hydrogens (tertiary/aromatic N) is 3. The van der Waals surface area contributed by atoms with Crippen LogP contribution >= 0.6 is 0 Å². The molecular weight excluding hydrogens is 1010 g/mol. The summed E-state index contributed by atoms with van der Waals surface area (Å²) in [6, 6.07) is 31.4. The molecule has 8 rings (SSSR count). The van der Waals surface area contributed by atoms with Crippen molar-refractivity contribution in [1.29, 1.82) is 0 Å². The second-order valence-corrected chi connectivity index (χ2v) is 24.2. The molecule has 80 heavy (non-hydrogen) atoms. The van der Waals surface area contributed by atoms with Crippen molar-refractivity contribution in [1.82, 2.24) is 46.6 Å². The second kappa shape index (κ2) is 24.9. The standard InChI is InChI=1S/C64H81N9O7/c1-39(65-9)56(74)69-54(63(3,4)5)61(79)72-37-48-22-14-13-21-47(48)33-53(72)60(78)71(36-42-28-29-43-18-11-12-20-46(43)32-42)35-41-26-30-45(31-27-41)58(76)67-49-34-52(59(77)68-51-25-17-23-44-19-15-16-24-50(44)51)73(38-49)62(80)55(64(6,7)8)70-57(75)40(2)66-10/h11-16,18-22,24,26-32,39-40,49,51-55,65-66H,17,23,25,33-38H2,1-10H3,(H,67,76)(H,68,77)(H,69,74)(H,70,75)/t39-,40-,49-,51+,52-,53-,54+,55+/m0/s1. The number of carbonyl (C=O) groups excluding carboxylic acids is 7. The maximum Gasteiger partial charge on any atom is 0.251 e. The lowest BCUT2D eigenvalue weighted by atomic mass is 9.84. The number of carbonyl (C=O) groups is 7. The zero-order valence-corrected chi connectivity index (χ0v) is 48.2. The first kappa shape index (κ1) is 58.7. The summed E-state index contributed by atoms with van der Waals surface area (Å²) >= 11 is 0. The van der Waals surface area contributed by atoms with Gasteiger partial charge in [-0.3, -0.25) is 33.6 Å². The number of amides is 7.